The molecule has 190 valence electrons. The molecule has 1 saturated heterocycles. The van der Waals surface area contributed by atoms with Crippen molar-refractivity contribution in [2.45, 2.75) is 30.7 Å². The van der Waals surface area contributed by atoms with Crippen LogP contribution in [-0.4, -0.2) is 54.3 Å². The van der Waals surface area contributed by atoms with Gasteiger partial charge >= 0.3 is 6.09 Å². The number of hydrogen-bond acceptors (Lipinski definition) is 6. The molecule has 3 rings (SSSR count). The number of carbonyl (C=O) groups excluding carboxylic acids is 3. The summed E-state index contributed by atoms with van der Waals surface area (Å²) >= 11 is 1.44. The molecule has 2 aromatic carbocycles. The van der Waals surface area contributed by atoms with Gasteiger partial charge in [-0.25, -0.2) is 13.6 Å². The molecule has 8 nitrogen and oxygen atoms in total. The van der Waals surface area contributed by atoms with Crippen molar-refractivity contribution < 1.29 is 27.9 Å². The molecule has 11 heteroatoms. The van der Waals surface area contributed by atoms with E-state index in [2.05, 4.69) is 10.6 Å². The lowest BCUT2D eigenvalue weighted by Crippen LogP contribution is -2.43. The monoisotopic (exact) mass is 516 g/mol. The second-order valence-electron chi connectivity index (χ2n) is 8.29. The van der Waals surface area contributed by atoms with Crippen molar-refractivity contribution in [3.63, 3.8) is 0 Å². The standard InChI is InChI=1S/C25H26F2N4O4S/c1-15(23(36-2)16-3-5-18(26)6-4-16)35-25(34)29-13-22(32)31-14-17(11-21(31)12-28)24(33)30-20-9-7-19(27)8-10-20/h3-10,15,17,21,23H,11,13-14H2,1-2H3,(H,29,34)(H,30,33). The largest absolute Gasteiger partial charge is 0.445 e. The van der Waals surface area contributed by atoms with E-state index < -0.39 is 42.4 Å². The van der Waals surface area contributed by atoms with Crippen LogP contribution in [0.15, 0.2) is 48.5 Å². The number of likely N-dealkylation sites (tertiary alicyclic amines) is 1. The summed E-state index contributed by atoms with van der Waals surface area (Å²) < 4.78 is 31.7. The summed E-state index contributed by atoms with van der Waals surface area (Å²) in [6.07, 6.45) is 0.603. The van der Waals surface area contributed by atoms with Crippen LogP contribution < -0.4 is 10.6 Å². The molecule has 0 spiro atoms. The molecule has 1 heterocycles. The second-order valence-corrected chi connectivity index (χ2v) is 9.27. The smallest absolute Gasteiger partial charge is 0.407 e. The van der Waals surface area contributed by atoms with Gasteiger partial charge in [0.05, 0.1) is 17.2 Å². The number of thioether (sulfide) groups is 1. The molecule has 1 aliphatic heterocycles. The first kappa shape index (κ1) is 26.9. The highest BCUT2D eigenvalue weighted by atomic mass is 32.2. The van der Waals surface area contributed by atoms with Crippen LogP contribution >= 0.6 is 11.8 Å². The Kier molecular flexibility index (Phi) is 9.25. The summed E-state index contributed by atoms with van der Waals surface area (Å²) in [6, 6.07) is 12.4. The van der Waals surface area contributed by atoms with Gasteiger partial charge in [-0.3, -0.25) is 9.59 Å². The van der Waals surface area contributed by atoms with Gasteiger partial charge in [0.25, 0.3) is 0 Å². The highest BCUT2D eigenvalue weighted by Gasteiger charge is 2.39. The number of nitrogens with zero attached hydrogens (tertiary/aromatic N) is 2. The quantitative estimate of drug-likeness (QED) is 0.551. The fourth-order valence-electron chi connectivity index (χ4n) is 3.97. The van der Waals surface area contributed by atoms with E-state index >= 15 is 0 Å². The molecule has 1 aliphatic rings. The molecular weight excluding hydrogens is 490 g/mol. The predicted molar refractivity (Wildman–Crippen MR) is 131 cm³/mol. The lowest BCUT2D eigenvalue weighted by atomic mass is 10.1. The van der Waals surface area contributed by atoms with E-state index in [4.69, 9.17) is 4.74 Å². The second kappa shape index (κ2) is 12.4. The SMILES string of the molecule is CSC(c1ccc(F)cc1)C(C)OC(=O)NCC(=O)N1CC(C(=O)Nc2ccc(F)cc2)CC1C#N. The van der Waals surface area contributed by atoms with Crippen LogP contribution in [0.1, 0.15) is 24.2 Å². The minimum absolute atomic E-state index is 0.0103. The normalized spacial score (nSPS) is 18.6. The van der Waals surface area contributed by atoms with Gasteiger partial charge in [0.2, 0.25) is 11.8 Å². The van der Waals surface area contributed by atoms with Gasteiger partial charge < -0.3 is 20.3 Å². The molecule has 36 heavy (non-hydrogen) atoms. The van der Waals surface area contributed by atoms with E-state index in [1.807, 2.05) is 12.3 Å². The topological polar surface area (TPSA) is 112 Å². The van der Waals surface area contributed by atoms with Crippen molar-refractivity contribution in [3.8, 4) is 6.07 Å². The minimum atomic E-state index is -0.822. The predicted octanol–water partition coefficient (Wildman–Crippen LogP) is 3.86. The van der Waals surface area contributed by atoms with Crippen LogP contribution in [0.25, 0.3) is 0 Å². The van der Waals surface area contributed by atoms with E-state index in [9.17, 15) is 28.4 Å². The Bertz CT molecular complexity index is 1120. The molecule has 0 bridgehead atoms. The maximum Gasteiger partial charge on any atom is 0.407 e. The Balaban J connectivity index is 1.51. The summed E-state index contributed by atoms with van der Waals surface area (Å²) in [7, 11) is 0. The average molecular weight is 517 g/mol. The van der Waals surface area contributed by atoms with Crippen LogP contribution in [0, 0.1) is 28.9 Å². The molecule has 1 fully saturated rings. The van der Waals surface area contributed by atoms with E-state index in [1.165, 1.54) is 53.1 Å². The van der Waals surface area contributed by atoms with Gasteiger partial charge in [-0.15, -0.1) is 0 Å². The Morgan fingerprint density at radius 3 is 2.33 bits per heavy atom. The first-order valence-electron chi connectivity index (χ1n) is 11.2. The number of nitriles is 1. The number of benzene rings is 2. The van der Waals surface area contributed by atoms with Crippen LogP contribution in [-0.2, 0) is 14.3 Å². The van der Waals surface area contributed by atoms with Gasteiger partial charge in [0.1, 0.15) is 30.3 Å². The molecule has 2 N–H and O–H groups in total. The number of carbonyl (C=O) groups is 3. The van der Waals surface area contributed by atoms with E-state index in [0.717, 1.165) is 5.56 Å². The number of amides is 3. The van der Waals surface area contributed by atoms with Crippen LogP contribution in [0.5, 0.6) is 0 Å². The highest BCUT2D eigenvalue weighted by Crippen LogP contribution is 2.32. The molecule has 2 aromatic rings. The van der Waals surface area contributed by atoms with Gasteiger partial charge in [0, 0.05) is 12.2 Å². The van der Waals surface area contributed by atoms with Crippen LogP contribution in [0.4, 0.5) is 19.3 Å². The average Bonchev–Trinajstić information content (AvgIpc) is 3.30. The fourth-order valence-corrected chi connectivity index (χ4v) is 4.84. The Hall–Kier alpha value is -3.65. The third-order valence-corrected chi connectivity index (χ3v) is 6.97. The third kappa shape index (κ3) is 6.95. The number of halogens is 2. The molecular formula is C25H26F2N4O4S. The molecule has 0 aromatic heterocycles. The number of ether oxygens (including phenoxy) is 1. The fraction of sp³-hybridized carbons (Fsp3) is 0.360. The van der Waals surface area contributed by atoms with Gasteiger partial charge in [-0.1, -0.05) is 12.1 Å². The molecule has 4 atom stereocenters. The summed E-state index contributed by atoms with van der Waals surface area (Å²) in [5, 5.41) is 14.3. The van der Waals surface area contributed by atoms with Gasteiger partial charge in [0.15, 0.2) is 0 Å². The number of anilines is 1. The summed E-state index contributed by atoms with van der Waals surface area (Å²) in [5.74, 6) is -2.34. The molecule has 3 amide bonds. The van der Waals surface area contributed by atoms with Crippen LogP contribution in [0.2, 0.25) is 0 Å². The first-order valence-corrected chi connectivity index (χ1v) is 12.5. The lowest BCUT2D eigenvalue weighted by Gasteiger charge is -2.23. The van der Waals surface area contributed by atoms with Crippen molar-refractivity contribution in [1.29, 1.82) is 5.26 Å². The van der Waals surface area contributed by atoms with E-state index in [-0.39, 0.29) is 29.9 Å². The van der Waals surface area contributed by atoms with Crippen molar-refractivity contribution in [2.75, 3.05) is 24.7 Å². The zero-order valence-electron chi connectivity index (χ0n) is 19.7. The summed E-state index contributed by atoms with van der Waals surface area (Å²) in [4.78, 5) is 38.8. The van der Waals surface area contributed by atoms with E-state index in [0.29, 0.717) is 5.69 Å². The zero-order chi connectivity index (χ0) is 26.2. The summed E-state index contributed by atoms with van der Waals surface area (Å²) in [5.41, 5.74) is 1.20. The van der Waals surface area contributed by atoms with Crippen molar-refractivity contribution in [2.24, 2.45) is 5.92 Å². The van der Waals surface area contributed by atoms with Crippen molar-refractivity contribution >= 4 is 35.4 Å². The number of alkyl carbamates (subject to hydrolysis) is 1. The number of nitrogens with one attached hydrogen (secondary N) is 2. The maximum absolute atomic E-state index is 13.2. The highest BCUT2D eigenvalue weighted by molar-refractivity contribution is 7.98. The Morgan fingerprint density at radius 1 is 1.14 bits per heavy atom. The first-order chi connectivity index (χ1) is 17.2. The molecule has 4 unspecified atom stereocenters. The lowest BCUT2D eigenvalue weighted by molar-refractivity contribution is -0.130. The van der Waals surface area contributed by atoms with Crippen LogP contribution in [0.3, 0.4) is 0 Å². The molecule has 0 radical (unpaired) electrons. The molecule has 0 aliphatic carbocycles. The minimum Gasteiger partial charge on any atom is -0.445 e. The number of hydrogen-bond donors (Lipinski definition) is 2. The van der Waals surface area contributed by atoms with Crippen molar-refractivity contribution in [3.05, 3.63) is 65.7 Å². The number of rotatable bonds is 8. The van der Waals surface area contributed by atoms with Gasteiger partial charge in [-0.05, 0) is 61.6 Å². The Labute approximate surface area is 212 Å². The summed E-state index contributed by atoms with van der Waals surface area (Å²) in [6.45, 7) is 1.30. The van der Waals surface area contributed by atoms with Crippen molar-refractivity contribution in [1.82, 2.24) is 10.2 Å². The maximum atomic E-state index is 13.2. The zero-order valence-corrected chi connectivity index (χ0v) is 20.6. The Morgan fingerprint density at radius 2 is 1.75 bits per heavy atom. The molecule has 0 saturated carbocycles. The van der Waals surface area contributed by atoms with Gasteiger partial charge in [-0.2, -0.15) is 17.0 Å². The van der Waals surface area contributed by atoms with E-state index in [1.54, 1.807) is 19.1 Å². The third-order valence-electron chi connectivity index (χ3n) is 5.81.